The molecule has 6 nitrogen and oxygen atoms in total. The van der Waals surface area contributed by atoms with Crippen LogP contribution in [0.15, 0.2) is 30.5 Å². The largest absolute Gasteiger partial charge is 0.462 e. The van der Waals surface area contributed by atoms with Gasteiger partial charge in [0, 0.05) is 11.6 Å². The van der Waals surface area contributed by atoms with E-state index in [4.69, 9.17) is 4.74 Å². The van der Waals surface area contributed by atoms with Crippen molar-refractivity contribution in [2.75, 3.05) is 6.61 Å². The van der Waals surface area contributed by atoms with Crippen molar-refractivity contribution in [3.05, 3.63) is 47.3 Å². The van der Waals surface area contributed by atoms with Gasteiger partial charge in [-0.15, -0.1) is 0 Å². The van der Waals surface area contributed by atoms with Crippen LogP contribution in [0.4, 0.5) is 0 Å². The Bertz CT molecular complexity index is 836. The molecule has 6 heteroatoms. The van der Waals surface area contributed by atoms with Crippen molar-refractivity contribution in [3.63, 3.8) is 0 Å². The fraction of sp³-hybridized carbons (Fsp3) is 0.476. The molecule has 1 N–H and O–H groups in total. The molecule has 0 atom stereocenters. The van der Waals surface area contributed by atoms with Crippen LogP contribution in [0.3, 0.4) is 0 Å². The van der Waals surface area contributed by atoms with Crippen molar-refractivity contribution < 1.29 is 14.3 Å². The Hall–Kier alpha value is -2.63. The molecule has 0 saturated heterocycles. The topological polar surface area (TPSA) is 73.2 Å². The zero-order valence-electron chi connectivity index (χ0n) is 15.8. The summed E-state index contributed by atoms with van der Waals surface area (Å²) in [4.78, 5) is 24.6. The van der Waals surface area contributed by atoms with Crippen LogP contribution in [0.25, 0.3) is 5.69 Å². The van der Waals surface area contributed by atoms with Gasteiger partial charge in [-0.05, 0) is 75.6 Å². The molecule has 27 heavy (non-hydrogen) atoms. The first-order valence-corrected chi connectivity index (χ1v) is 9.71. The Balaban J connectivity index is 1.47. The van der Waals surface area contributed by atoms with Crippen molar-refractivity contribution in [1.29, 1.82) is 0 Å². The molecular formula is C21H25N3O3. The first-order chi connectivity index (χ1) is 13.1. The Morgan fingerprint density at radius 3 is 2.37 bits per heavy atom. The number of rotatable bonds is 7. The number of hydrogen-bond donors (Lipinski definition) is 1. The second-order valence-corrected chi connectivity index (χ2v) is 7.50. The molecule has 4 rings (SSSR count). The highest BCUT2D eigenvalue weighted by Gasteiger charge is 2.42. The maximum absolute atomic E-state index is 12.6. The van der Waals surface area contributed by atoms with Gasteiger partial charge in [0.2, 0.25) is 0 Å². The summed E-state index contributed by atoms with van der Waals surface area (Å²) in [6, 6.07) is 7.68. The Kier molecular flexibility index (Phi) is 4.72. The standard InChI is InChI=1S/C21H25N3O3/c1-3-27-21(26)18-12-22-24(13(18)2)17-10-8-16(9-11-17)20(25)23-19(14-4-5-14)15-6-7-15/h8-12,14-15,19H,3-7H2,1-2H3,(H,23,25). The van der Waals surface area contributed by atoms with Gasteiger partial charge in [-0.1, -0.05) is 0 Å². The number of nitrogens with zero attached hydrogens (tertiary/aromatic N) is 2. The number of carbonyl (C=O) groups excluding carboxylic acids is 2. The molecule has 1 aromatic heterocycles. The quantitative estimate of drug-likeness (QED) is 0.762. The summed E-state index contributed by atoms with van der Waals surface area (Å²) < 4.78 is 6.73. The maximum atomic E-state index is 12.6. The van der Waals surface area contributed by atoms with Crippen LogP contribution in [0.1, 0.15) is 59.0 Å². The Labute approximate surface area is 158 Å². The van der Waals surface area contributed by atoms with E-state index in [1.54, 1.807) is 11.6 Å². The lowest BCUT2D eigenvalue weighted by molar-refractivity contribution is 0.0525. The number of carbonyl (C=O) groups is 2. The third-order valence-electron chi connectivity index (χ3n) is 5.44. The SMILES string of the molecule is CCOC(=O)c1cnn(-c2ccc(C(=O)NC(C3CC3)C3CC3)cc2)c1C. The van der Waals surface area contributed by atoms with Crippen molar-refractivity contribution in [2.45, 2.75) is 45.6 Å². The fourth-order valence-electron chi connectivity index (χ4n) is 3.60. The van der Waals surface area contributed by atoms with Crippen LogP contribution in [-0.2, 0) is 4.74 Å². The van der Waals surface area contributed by atoms with Crippen molar-refractivity contribution in [1.82, 2.24) is 15.1 Å². The van der Waals surface area contributed by atoms with Gasteiger partial charge in [-0.3, -0.25) is 4.79 Å². The highest BCUT2D eigenvalue weighted by Crippen LogP contribution is 2.44. The lowest BCUT2D eigenvalue weighted by Crippen LogP contribution is -2.38. The second kappa shape index (κ2) is 7.18. The number of nitrogens with one attached hydrogen (secondary N) is 1. The van der Waals surface area contributed by atoms with E-state index in [1.807, 2.05) is 31.2 Å². The highest BCUT2D eigenvalue weighted by atomic mass is 16.5. The minimum Gasteiger partial charge on any atom is -0.462 e. The Morgan fingerprint density at radius 2 is 1.81 bits per heavy atom. The fourth-order valence-corrected chi connectivity index (χ4v) is 3.60. The van der Waals surface area contributed by atoms with E-state index in [1.165, 1.54) is 31.9 Å². The molecule has 2 aliphatic carbocycles. The van der Waals surface area contributed by atoms with E-state index < -0.39 is 0 Å². The van der Waals surface area contributed by atoms with Crippen molar-refractivity contribution in [2.24, 2.45) is 11.8 Å². The normalized spacial score (nSPS) is 16.4. The predicted molar refractivity (Wildman–Crippen MR) is 101 cm³/mol. The van der Waals surface area contributed by atoms with Gasteiger partial charge < -0.3 is 10.1 Å². The maximum Gasteiger partial charge on any atom is 0.341 e. The molecule has 2 aliphatic rings. The van der Waals surface area contributed by atoms with Crippen molar-refractivity contribution >= 4 is 11.9 Å². The number of esters is 1. The van der Waals surface area contributed by atoms with Gasteiger partial charge >= 0.3 is 5.97 Å². The first kappa shape index (κ1) is 17.8. The summed E-state index contributed by atoms with van der Waals surface area (Å²) in [7, 11) is 0. The zero-order chi connectivity index (χ0) is 19.0. The number of benzene rings is 1. The highest BCUT2D eigenvalue weighted by molar-refractivity contribution is 5.94. The summed E-state index contributed by atoms with van der Waals surface area (Å²) in [5.41, 5.74) is 2.63. The average molecular weight is 367 g/mol. The van der Waals surface area contributed by atoms with E-state index >= 15 is 0 Å². The molecule has 1 amide bonds. The van der Waals surface area contributed by atoms with Crippen LogP contribution < -0.4 is 5.32 Å². The van der Waals surface area contributed by atoms with Crippen LogP contribution in [0, 0.1) is 18.8 Å². The molecule has 2 saturated carbocycles. The molecule has 0 radical (unpaired) electrons. The summed E-state index contributed by atoms with van der Waals surface area (Å²) in [6.45, 7) is 3.93. The lowest BCUT2D eigenvalue weighted by atomic mass is 10.1. The number of hydrogen-bond acceptors (Lipinski definition) is 4. The number of ether oxygens (including phenoxy) is 1. The molecule has 1 aromatic carbocycles. The summed E-state index contributed by atoms with van der Waals surface area (Å²) in [5, 5.41) is 7.53. The smallest absolute Gasteiger partial charge is 0.341 e. The minimum atomic E-state index is -0.372. The molecule has 0 bridgehead atoms. The van der Waals surface area contributed by atoms with Crippen molar-refractivity contribution in [3.8, 4) is 5.69 Å². The van der Waals surface area contributed by atoms with Gasteiger partial charge in [-0.25, -0.2) is 9.48 Å². The van der Waals surface area contributed by atoms with Crippen LogP contribution in [0.5, 0.6) is 0 Å². The van der Waals surface area contributed by atoms with Crippen LogP contribution in [-0.4, -0.2) is 34.3 Å². The zero-order valence-corrected chi connectivity index (χ0v) is 15.8. The van der Waals surface area contributed by atoms with Gasteiger partial charge in [0.25, 0.3) is 5.91 Å². The molecule has 0 unspecified atom stereocenters. The lowest BCUT2D eigenvalue weighted by Gasteiger charge is -2.17. The predicted octanol–water partition coefficient (Wildman–Crippen LogP) is 3.28. The van der Waals surface area contributed by atoms with E-state index in [-0.39, 0.29) is 11.9 Å². The van der Waals surface area contributed by atoms with Crippen LogP contribution >= 0.6 is 0 Å². The number of aromatic nitrogens is 2. The van der Waals surface area contributed by atoms with E-state index in [9.17, 15) is 9.59 Å². The Morgan fingerprint density at radius 1 is 1.19 bits per heavy atom. The van der Waals surface area contributed by atoms with Gasteiger partial charge in [0.15, 0.2) is 0 Å². The summed E-state index contributed by atoms with van der Waals surface area (Å²) in [5.74, 6) is 0.973. The third-order valence-corrected chi connectivity index (χ3v) is 5.44. The molecule has 2 aromatic rings. The molecule has 1 heterocycles. The van der Waals surface area contributed by atoms with Gasteiger partial charge in [0.1, 0.15) is 5.56 Å². The van der Waals surface area contributed by atoms with E-state index in [0.29, 0.717) is 41.3 Å². The van der Waals surface area contributed by atoms with E-state index in [2.05, 4.69) is 10.4 Å². The van der Waals surface area contributed by atoms with Crippen LogP contribution in [0.2, 0.25) is 0 Å². The molecule has 0 spiro atoms. The van der Waals surface area contributed by atoms with E-state index in [0.717, 1.165) is 5.69 Å². The molecular weight excluding hydrogens is 342 g/mol. The molecule has 142 valence electrons. The second-order valence-electron chi connectivity index (χ2n) is 7.50. The first-order valence-electron chi connectivity index (χ1n) is 9.71. The third kappa shape index (κ3) is 3.75. The summed E-state index contributed by atoms with van der Waals surface area (Å²) in [6.07, 6.45) is 6.47. The molecule has 2 fully saturated rings. The van der Waals surface area contributed by atoms with Gasteiger partial charge in [-0.2, -0.15) is 5.10 Å². The molecule has 0 aliphatic heterocycles. The number of amides is 1. The average Bonchev–Trinajstić information content (AvgIpc) is 3.58. The van der Waals surface area contributed by atoms with Gasteiger partial charge in [0.05, 0.1) is 24.2 Å². The monoisotopic (exact) mass is 367 g/mol. The minimum absolute atomic E-state index is 0.00486. The summed E-state index contributed by atoms with van der Waals surface area (Å²) >= 11 is 0.